The van der Waals surface area contributed by atoms with Crippen LogP contribution in [-0.4, -0.2) is 14.4 Å². The maximum atomic E-state index is 11.8. The molecule has 0 spiro atoms. The Bertz CT molecular complexity index is 869. The molecule has 2 aromatic carbocycles. The lowest BCUT2D eigenvalue weighted by Crippen LogP contribution is -2.37. The largest absolute Gasteiger partial charge is 0.411 e. The van der Waals surface area contributed by atoms with Crippen molar-refractivity contribution in [3.63, 3.8) is 0 Å². The van der Waals surface area contributed by atoms with Gasteiger partial charge in [-0.05, 0) is 36.4 Å². The van der Waals surface area contributed by atoms with Crippen LogP contribution >= 0.6 is 46.4 Å². The molecule has 0 aliphatic carbocycles. The Balaban J connectivity index is 2.06. The molecule has 0 bridgehead atoms. The predicted octanol–water partition coefficient (Wildman–Crippen LogP) is 4.75. The van der Waals surface area contributed by atoms with Crippen molar-refractivity contribution in [1.82, 2.24) is 4.72 Å². The number of hydrogen-bond acceptors (Lipinski definition) is 4. The molecule has 2 aromatic rings. The summed E-state index contributed by atoms with van der Waals surface area (Å²) >= 11 is 23.1. The molecule has 0 aromatic heterocycles. The minimum Gasteiger partial charge on any atom is -0.365 e. The van der Waals surface area contributed by atoms with Crippen molar-refractivity contribution >= 4 is 68.4 Å². The molecule has 0 fully saturated rings. The van der Waals surface area contributed by atoms with Gasteiger partial charge in [-0.1, -0.05) is 46.4 Å². The average Bonchev–Trinajstić information content (AvgIpc) is 2.39. The van der Waals surface area contributed by atoms with Crippen LogP contribution in [0, 0.1) is 0 Å². The number of nitrogens with one attached hydrogen (secondary N) is 2. The summed E-state index contributed by atoms with van der Waals surface area (Å²) in [5, 5.41) is 3.06. The van der Waals surface area contributed by atoms with Gasteiger partial charge in [-0.25, -0.2) is 9.52 Å². The van der Waals surface area contributed by atoms with Gasteiger partial charge >= 0.3 is 16.3 Å². The van der Waals surface area contributed by atoms with E-state index in [0.29, 0.717) is 5.02 Å². The number of benzene rings is 2. The number of rotatable bonds is 4. The second-order valence-corrected chi connectivity index (χ2v) is 7.32. The quantitative estimate of drug-likeness (QED) is 0.734. The van der Waals surface area contributed by atoms with Crippen molar-refractivity contribution in [3.8, 4) is 5.75 Å². The molecular weight excluding hydrogens is 422 g/mol. The van der Waals surface area contributed by atoms with Crippen LogP contribution in [0.25, 0.3) is 0 Å². The van der Waals surface area contributed by atoms with Gasteiger partial charge in [0.05, 0.1) is 5.02 Å². The highest BCUT2D eigenvalue weighted by Crippen LogP contribution is 2.28. The van der Waals surface area contributed by atoms with Crippen molar-refractivity contribution < 1.29 is 17.4 Å². The second kappa shape index (κ2) is 7.67. The fraction of sp³-hybridized carbons (Fsp3) is 0. The third-order valence-electron chi connectivity index (χ3n) is 2.43. The zero-order chi connectivity index (χ0) is 17.9. The maximum absolute atomic E-state index is 11.8. The zero-order valence-corrected chi connectivity index (χ0v) is 15.4. The highest BCUT2D eigenvalue weighted by atomic mass is 35.5. The van der Waals surface area contributed by atoms with E-state index in [9.17, 15) is 13.2 Å². The molecule has 0 heterocycles. The van der Waals surface area contributed by atoms with Gasteiger partial charge in [0.15, 0.2) is 5.75 Å². The SMILES string of the molecule is O=C(Nc1cc(Cl)cc(Cl)c1)NS(=O)(=O)Oc1ccc(Cl)cc1Cl. The lowest BCUT2D eigenvalue weighted by atomic mass is 10.3. The van der Waals surface area contributed by atoms with E-state index in [1.807, 2.05) is 0 Å². The van der Waals surface area contributed by atoms with Crippen molar-refractivity contribution in [1.29, 1.82) is 0 Å². The Hall–Kier alpha value is -1.38. The zero-order valence-electron chi connectivity index (χ0n) is 11.5. The Morgan fingerprint density at radius 1 is 0.917 bits per heavy atom. The standard InChI is InChI=1S/C13H8Cl4N2O4S/c14-7-1-2-12(11(17)6-7)23-24(21,22)19-13(20)18-10-4-8(15)3-9(16)5-10/h1-6H,(H2,18,19,20). The van der Waals surface area contributed by atoms with E-state index >= 15 is 0 Å². The Morgan fingerprint density at radius 3 is 2.12 bits per heavy atom. The van der Waals surface area contributed by atoms with Crippen molar-refractivity contribution in [2.24, 2.45) is 0 Å². The Kier molecular flexibility index (Phi) is 6.06. The van der Waals surface area contributed by atoms with Crippen LogP contribution in [0.4, 0.5) is 10.5 Å². The molecular formula is C13H8Cl4N2O4S. The molecule has 0 radical (unpaired) electrons. The number of carbonyl (C=O) groups is 1. The van der Waals surface area contributed by atoms with E-state index in [1.165, 1.54) is 36.4 Å². The van der Waals surface area contributed by atoms with Crippen molar-refractivity contribution in [2.75, 3.05) is 5.32 Å². The first-order valence-electron chi connectivity index (χ1n) is 6.09. The third kappa shape index (κ3) is 5.61. The summed E-state index contributed by atoms with van der Waals surface area (Å²) < 4.78 is 30.0. The minimum absolute atomic E-state index is 0.0325. The molecule has 0 aliphatic rings. The van der Waals surface area contributed by atoms with Gasteiger partial charge in [0, 0.05) is 20.8 Å². The van der Waals surface area contributed by atoms with Crippen LogP contribution in [0.2, 0.25) is 20.1 Å². The molecule has 0 atom stereocenters. The number of carbonyl (C=O) groups excluding carboxylic acids is 1. The second-order valence-electron chi connectivity index (χ2n) is 4.33. The van der Waals surface area contributed by atoms with E-state index in [2.05, 4.69) is 5.32 Å². The smallest absolute Gasteiger partial charge is 0.365 e. The summed E-state index contributed by atoms with van der Waals surface area (Å²) in [7, 11) is -4.47. The molecule has 0 unspecified atom stereocenters. The molecule has 128 valence electrons. The lowest BCUT2D eigenvalue weighted by Gasteiger charge is -2.11. The van der Waals surface area contributed by atoms with E-state index < -0.39 is 16.3 Å². The summed E-state index contributed by atoms with van der Waals surface area (Å²) in [6, 6.07) is 7.08. The van der Waals surface area contributed by atoms with E-state index in [4.69, 9.17) is 50.6 Å². The van der Waals surface area contributed by atoms with Crippen LogP contribution in [0.15, 0.2) is 36.4 Å². The summed E-state index contributed by atoms with van der Waals surface area (Å²) in [6.45, 7) is 0. The number of anilines is 1. The number of urea groups is 1. The predicted molar refractivity (Wildman–Crippen MR) is 94.6 cm³/mol. The molecule has 0 aliphatic heterocycles. The monoisotopic (exact) mass is 428 g/mol. The van der Waals surface area contributed by atoms with Gasteiger partial charge in [0.2, 0.25) is 0 Å². The van der Waals surface area contributed by atoms with Crippen molar-refractivity contribution in [3.05, 3.63) is 56.5 Å². The highest BCUT2D eigenvalue weighted by Gasteiger charge is 2.19. The normalized spacial score (nSPS) is 11.0. The van der Waals surface area contributed by atoms with Gasteiger partial charge in [0.1, 0.15) is 0 Å². The number of halogens is 4. The van der Waals surface area contributed by atoms with Crippen LogP contribution in [-0.2, 0) is 10.3 Å². The fourth-order valence-corrected chi connectivity index (χ4v) is 3.30. The van der Waals surface area contributed by atoms with Crippen LogP contribution < -0.4 is 14.2 Å². The summed E-state index contributed by atoms with van der Waals surface area (Å²) in [6.07, 6.45) is 0. The molecule has 24 heavy (non-hydrogen) atoms. The minimum atomic E-state index is -4.47. The number of amides is 2. The molecule has 2 amide bonds. The van der Waals surface area contributed by atoms with Crippen LogP contribution in [0.5, 0.6) is 5.75 Å². The van der Waals surface area contributed by atoms with Gasteiger partial charge in [-0.15, -0.1) is 0 Å². The molecule has 0 saturated heterocycles. The topological polar surface area (TPSA) is 84.5 Å². The highest BCUT2D eigenvalue weighted by molar-refractivity contribution is 7.85. The number of hydrogen-bond donors (Lipinski definition) is 2. The molecule has 2 rings (SSSR count). The van der Waals surface area contributed by atoms with E-state index in [-0.39, 0.29) is 26.5 Å². The van der Waals surface area contributed by atoms with Gasteiger partial charge in [-0.2, -0.15) is 8.42 Å². The van der Waals surface area contributed by atoms with E-state index in [1.54, 1.807) is 4.72 Å². The Morgan fingerprint density at radius 2 is 1.54 bits per heavy atom. The first-order valence-corrected chi connectivity index (χ1v) is 9.01. The average molecular weight is 430 g/mol. The van der Waals surface area contributed by atoms with Crippen molar-refractivity contribution in [2.45, 2.75) is 0 Å². The molecule has 2 N–H and O–H groups in total. The first kappa shape index (κ1) is 19.0. The fourth-order valence-electron chi connectivity index (χ4n) is 1.58. The van der Waals surface area contributed by atoms with E-state index in [0.717, 1.165) is 0 Å². The van der Waals surface area contributed by atoms with Crippen LogP contribution in [0.3, 0.4) is 0 Å². The lowest BCUT2D eigenvalue weighted by molar-refractivity contribution is 0.256. The summed E-state index contributed by atoms with van der Waals surface area (Å²) in [5.74, 6) is -0.188. The summed E-state index contributed by atoms with van der Waals surface area (Å²) in [4.78, 5) is 11.8. The van der Waals surface area contributed by atoms with Gasteiger partial charge in [-0.3, -0.25) is 0 Å². The third-order valence-corrected chi connectivity index (χ3v) is 4.23. The van der Waals surface area contributed by atoms with Crippen LogP contribution in [0.1, 0.15) is 0 Å². The first-order chi connectivity index (χ1) is 11.1. The molecule has 11 heteroatoms. The van der Waals surface area contributed by atoms with Gasteiger partial charge in [0.25, 0.3) is 0 Å². The molecule has 6 nitrogen and oxygen atoms in total. The van der Waals surface area contributed by atoms with Gasteiger partial charge < -0.3 is 9.50 Å². The molecule has 0 saturated carbocycles. The maximum Gasteiger partial charge on any atom is 0.411 e. The summed E-state index contributed by atoms with van der Waals surface area (Å²) in [5.41, 5.74) is 0.199. The Labute approximate surface area is 157 Å².